The van der Waals surface area contributed by atoms with Gasteiger partial charge >= 0.3 is 0 Å². The fourth-order valence-electron chi connectivity index (χ4n) is 2.21. The van der Waals surface area contributed by atoms with Crippen molar-refractivity contribution in [3.8, 4) is 5.75 Å². The van der Waals surface area contributed by atoms with Crippen LogP contribution in [0.3, 0.4) is 0 Å². The van der Waals surface area contributed by atoms with Crippen molar-refractivity contribution < 1.29 is 19.1 Å². The smallest absolute Gasteiger partial charge is 0.258 e. The van der Waals surface area contributed by atoms with Gasteiger partial charge in [-0.15, -0.1) is 0 Å². The molecule has 0 aromatic heterocycles. The van der Waals surface area contributed by atoms with E-state index in [1.54, 1.807) is 12.1 Å². The largest absolute Gasteiger partial charge is 0.483 e. The lowest BCUT2D eigenvalue weighted by Gasteiger charge is -2.23. The third-order valence-electron chi connectivity index (χ3n) is 3.30. The Kier molecular flexibility index (Phi) is 5.12. The highest BCUT2D eigenvalue weighted by molar-refractivity contribution is 5.81. The van der Waals surface area contributed by atoms with Gasteiger partial charge in [0.1, 0.15) is 5.75 Å². The number of carbonyl (C=O) groups excluding carboxylic acids is 2. The Hall–Kier alpha value is -1.88. The minimum atomic E-state index is -0.169. The lowest BCUT2D eigenvalue weighted by molar-refractivity contribution is -0.124. The molecule has 0 bridgehead atoms. The number of ether oxygens (including phenoxy) is 2. The lowest BCUT2D eigenvalue weighted by atomic mass is 10.1. The minimum Gasteiger partial charge on any atom is -0.483 e. The van der Waals surface area contributed by atoms with Gasteiger partial charge in [-0.05, 0) is 31.4 Å². The first kappa shape index (κ1) is 14.5. The monoisotopic (exact) mass is 277 g/mol. The zero-order valence-corrected chi connectivity index (χ0v) is 11.6. The summed E-state index contributed by atoms with van der Waals surface area (Å²) < 4.78 is 10.7. The Labute approximate surface area is 118 Å². The fraction of sp³-hybridized carbons (Fsp3) is 0.467. The Morgan fingerprint density at radius 1 is 1.45 bits per heavy atom. The molecule has 20 heavy (non-hydrogen) atoms. The van der Waals surface area contributed by atoms with Crippen molar-refractivity contribution >= 4 is 12.2 Å². The number of hydrogen-bond acceptors (Lipinski definition) is 4. The zero-order chi connectivity index (χ0) is 14.4. The van der Waals surface area contributed by atoms with Crippen LogP contribution in [0.5, 0.6) is 5.75 Å². The maximum Gasteiger partial charge on any atom is 0.258 e. The van der Waals surface area contributed by atoms with E-state index in [9.17, 15) is 9.59 Å². The number of nitrogens with one attached hydrogen (secondary N) is 1. The molecule has 2 rings (SSSR count). The fourth-order valence-corrected chi connectivity index (χ4v) is 2.21. The van der Waals surface area contributed by atoms with Crippen LogP contribution in [-0.2, 0) is 9.53 Å². The van der Waals surface area contributed by atoms with E-state index in [4.69, 9.17) is 9.47 Å². The highest BCUT2D eigenvalue weighted by Gasteiger charge is 2.16. The molecule has 0 spiro atoms. The van der Waals surface area contributed by atoms with E-state index < -0.39 is 0 Å². The first-order chi connectivity index (χ1) is 9.70. The molecule has 108 valence electrons. The van der Waals surface area contributed by atoms with E-state index in [0.717, 1.165) is 24.7 Å². The van der Waals surface area contributed by atoms with Crippen LogP contribution in [-0.4, -0.2) is 38.1 Å². The normalized spacial score (nSPS) is 15.7. The van der Waals surface area contributed by atoms with Gasteiger partial charge in [0, 0.05) is 19.3 Å². The predicted octanol–water partition coefficient (Wildman–Crippen LogP) is 1.48. The Morgan fingerprint density at radius 3 is 2.90 bits per heavy atom. The molecule has 1 fully saturated rings. The second kappa shape index (κ2) is 7.05. The summed E-state index contributed by atoms with van der Waals surface area (Å²) in [5, 5.41) is 2.91. The molecule has 0 atom stereocenters. The first-order valence-electron chi connectivity index (χ1n) is 6.75. The van der Waals surface area contributed by atoms with Crippen LogP contribution in [0.2, 0.25) is 0 Å². The van der Waals surface area contributed by atoms with Crippen LogP contribution in [0.25, 0.3) is 0 Å². The number of rotatable bonds is 5. The average molecular weight is 277 g/mol. The molecular weight excluding hydrogens is 258 g/mol. The number of aryl methyl sites for hydroxylation is 1. The molecule has 1 aromatic carbocycles. The van der Waals surface area contributed by atoms with E-state index >= 15 is 0 Å². The number of hydrogen-bond donors (Lipinski definition) is 1. The molecule has 1 amide bonds. The molecule has 1 aromatic rings. The summed E-state index contributed by atoms with van der Waals surface area (Å²) in [5.74, 6) is 0.307. The molecule has 0 radical (unpaired) electrons. The van der Waals surface area contributed by atoms with Crippen molar-refractivity contribution in [2.45, 2.75) is 25.8 Å². The third-order valence-corrected chi connectivity index (χ3v) is 3.30. The molecule has 1 saturated heterocycles. The maximum atomic E-state index is 11.8. The van der Waals surface area contributed by atoms with Gasteiger partial charge in [-0.25, -0.2) is 0 Å². The van der Waals surface area contributed by atoms with Gasteiger partial charge in [-0.3, -0.25) is 9.59 Å². The van der Waals surface area contributed by atoms with Crippen molar-refractivity contribution in [2.75, 3.05) is 19.8 Å². The SMILES string of the molecule is Cc1cccc(C=O)c1OCC(=O)NC1CCOCC1. The summed E-state index contributed by atoms with van der Waals surface area (Å²) in [5.41, 5.74) is 1.30. The van der Waals surface area contributed by atoms with Crippen LogP contribution < -0.4 is 10.1 Å². The van der Waals surface area contributed by atoms with E-state index in [1.165, 1.54) is 0 Å². The van der Waals surface area contributed by atoms with E-state index in [1.807, 2.05) is 13.0 Å². The van der Waals surface area contributed by atoms with Crippen molar-refractivity contribution in [1.29, 1.82) is 0 Å². The Morgan fingerprint density at radius 2 is 2.20 bits per heavy atom. The highest BCUT2D eigenvalue weighted by Crippen LogP contribution is 2.21. The summed E-state index contributed by atoms with van der Waals surface area (Å²) in [4.78, 5) is 22.8. The molecule has 0 unspecified atom stereocenters. The van der Waals surface area contributed by atoms with Gasteiger partial charge in [0.2, 0.25) is 0 Å². The number of amides is 1. The molecule has 1 N–H and O–H groups in total. The van der Waals surface area contributed by atoms with Gasteiger partial charge in [0.15, 0.2) is 12.9 Å². The average Bonchev–Trinajstić information content (AvgIpc) is 2.46. The van der Waals surface area contributed by atoms with Gasteiger partial charge in [-0.2, -0.15) is 0 Å². The van der Waals surface area contributed by atoms with Gasteiger partial charge in [0.25, 0.3) is 5.91 Å². The molecule has 0 aliphatic carbocycles. The number of para-hydroxylation sites is 1. The van der Waals surface area contributed by atoms with Crippen molar-refractivity contribution in [3.63, 3.8) is 0 Å². The molecule has 5 heteroatoms. The zero-order valence-electron chi connectivity index (χ0n) is 11.6. The molecule has 5 nitrogen and oxygen atoms in total. The molecule has 1 aliphatic heterocycles. The quantitative estimate of drug-likeness (QED) is 0.828. The van der Waals surface area contributed by atoms with Crippen molar-refractivity contribution in [3.05, 3.63) is 29.3 Å². The van der Waals surface area contributed by atoms with Crippen LogP contribution in [0.1, 0.15) is 28.8 Å². The van der Waals surface area contributed by atoms with Gasteiger partial charge in [0.05, 0.1) is 5.56 Å². The third kappa shape index (κ3) is 3.81. The first-order valence-corrected chi connectivity index (χ1v) is 6.75. The highest BCUT2D eigenvalue weighted by atomic mass is 16.5. The van der Waals surface area contributed by atoms with Gasteiger partial charge in [-0.1, -0.05) is 12.1 Å². The van der Waals surface area contributed by atoms with Crippen molar-refractivity contribution in [1.82, 2.24) is 5.32 Å². The van der Waals surface area contributed by atoms with Crippen LogP contribution in [0, 0.1) is 6.92 Å². The summed E-state index contributed by atoms with van der Waals surface area (Å²) in [6, 6.07) is 5.46. The van der Waals surface area contributed by atoms with Gasteiger partial charge < -0.3 is 14.8 Å². The molecular formula is C15H19NO4. The standard InChI is InChI=1S/C15H19NO4/c1-11-3-2-4-12(9-17)15(11)20-10-14(18)16-13-5-7-19-8-6-13/h2-4,9,13H,5-8,10H2,1H3,(H,16,18). The van der Waals surface area contributed by atoms with Crippen molar-refractivity contribution in [2.24, 2.45) is 0 Å². The van der Waals surface area contributed by atoms with Crippen LogP contribution >= 0.6 is 0 Å². The number of aldehydes is 1. The second-order valence-corrected chi connectivity index (χ2v) is 4.85. The number of benzene rings is 1. The topological polar surface area (TPSA) is 64.6 Å². The second-order valence-electron chi connectivity index (χ2n) is 4.85. The van der Waals surface area contributed by atoms with E-state index in [2.05, 4.69) is 5.32 Å². The number of carbonyl (C=O) groups is 2. The minimum absolute atomic E-state index is 0.0803. The van der Waals surface area contributed by atoms with E-state index in [0.29, 0.717) is 24.5 Å². The van der Waals surface area contributed by atoms with Crippen LogP contribution in [0.15, 0.2) is 18.2 Å². The summed E-state index contributed by atoms with van der Waals surface area (Å²) in [6.45, 7) is 3.12. The Balaban J connectivity index is 1.88. The molecule has 1 heterocycles. The summed E-state index contributed by atoms with van der Waals surface area (Å²) in [7, 11) is 0. The summed E-state index contributed by atoms with van der Waals surface area (Å²) in [6.07, 6.45) is 2.39. The molecule has 0 saturated carbocycles. The maximum absolute atomic E-state index is 11.8. The van der Waals surface area contributed by atoms with E-state index in [-0.39, 0.29) is 18.6 Å². The lowest BCUT2D eigenvalue weighted by Crippen LogP contribution is -2.41. The Bertz CT molecular complexity index is 481. The predicted molar refractivity (Wildman–Crippen MR) is 74.0 cm³/mol. The molecule has 1 aliphatic rings. The summed E-state index contributed by atoms with van der Waals surface area (Å²) >= 11 is 0. The van der Waals surface area contributed by atoms with Crippen LogP contribution in [0.4, 0.5) is 0 Å².